The first-order chi connectivity index (χ1) is 16.0. The number of hydrogen-bond acceptors (Lipinski definition) is 6. The summed E-state index contributed by atoms with van der Waals surface area (Å²) in [6.45, 7) is 9.97. The van der Waals surface area contributed by atoms with Gasteiger partial charge in [-0.3, -0.25) is 0 Å². The van der Waals surface area contributed by atoms with Gasteiger partial charge in [0.2, 0.25) is 0 Å². The van der Waals surface area contributed by atoms with Gasteiger partial charge >= 0.3 is 0 Å². The molecule has 0 aliphatic carbocycles. The van der Waals surface area contributed by atoms with Crippen molar-refractivity contribution in [2.45, 2.75) is 13.5 Å². The summed E-state index contributed by atoms with van der Waals surface area (Å²) in [5.41, 5.74) is 4.25. The maximum Gasteiger partial charge on any atom is 0.169 e. The number of anilines is 1. The number of ether oxygens (including phenoxy) is 2. The third-order valence-electron chi connectivity index (χ3n) is 5.88. The predicted molar refractivity (Wildman–Crippen MR) is 137 cm³/mol. The van der Waals surface area contributed by atoms with E-state index in [1.807, 2.05) is 19.1 Å². The van der Waals surface area contributed by atoms with Crippen LogP contribution in [0.2, 0.25) is 0 Å². The number of nitrogens with one attached hydrogen (secondary N) is 1. The average Bonchev–Trinajstić information content (AvgIpc) is 2.86. The lowest BCUT2D eigenvalue weighted by atomic mass is 10.1. The number of benzene rings is 2. The Morgan fingerprint density at radius 1 is 1.03 bits per heavy atom. The van der Waals surface area contributed by atoms with Crippen LogP contribution in [0.3, 0.4) is 0 Å². The van der Waals surface area contributed by atoms with Crippen LogP contribution in [-0.2, 0) is 6.54 Å². The first kappa shape index (κ1) is 22.8. The van der Waals surface area contributed by atoms with Gasteiger partial charge in [-0.2, -0.15) is 0 Å². The Morgan fingerprint density at radius 2 is 1.70 bits per heavy atom. The minimum absolute atomic E-state index is 0.658. The van der Waals surface area contributed by atoms with Gasteiger partial charge in [-0.05, 0) is 36.3 Å². The van der Waals surface area contributed by atoms with Crippen molar-refractivity contribution in [3.8, 4) is 11.5 Å². The SMILES string of the molecule is C=C(C)c1ccc(CNC(=S)N2CCN(c3ncnc4cc(OC)c(OC)cc34)CC2)cc1. The molecule has 172 valence electrons. The van der Waals surface area contributed by atoms with Crippen molar-refractivity contribution in [3.05, 3.63) is 60.4 Å². The van der Waals surface area contributed by atoms with Gasteiger partial charge in [0.25, 0.3) is 0 Å². The molecule has 0 radical (unpaired) electrons. The first-order valence-corrected chi connectivity index (χ1v) is 11.3. The topological polar surface area (TPSA) is 62.8 Å². The highest BCUT2D eigenvalue weighted by Gasteiger charge is 2.22. The molecule has 1 aliphatic heterocycles. The molecule has 0 bridgehead atoms. The highest BCUT2D eigenvalue weighted by molar-refractivity contribution is 7.80. The van der Waals surface area contributed by atoms with Crippen molar-refractivity contribution in [3.63, 3.8) is 0 Å². The zero-order valence-corrected chi connectivity index (χ0v) is 20.1. The van der Waals surface area contributed by atoms with Gasteiger partial charge < -0.3 is 24.6 Å². The van der Waals surface area contributed by atoms with Crippen LogP contribution < -0.4 is 19.7 Å². The molecule has 1 aromatic heterocycles. The third kappa shape index (κ3) is 5.01. The van der Waals surface area contributed by atoms with Crippen LogP contribution in [0.25, 0.3) is 16.5 Å². The molecule has 0 atom stereocenters. The molecular weight excluding hydrogens is 434 g/mol. The van der Waals surface area contributed by atoms with E-state index in [1.54, 1.807) is 20.5 Å². The fourth-order valence-electron chi connectivity index (χ4n) is 3.94. The van der Waals surface area contributed by atoms with E-state index in [2.05, 4.69) is 55.9 Å². The molecule has 0 saturated carbocycles. The molecular formula is C25H29N5O2S. The van der Waals surface area contributed by atoms with Crippen molar-refractivity contribution in [2.24, 2.45) is 0 Å². The summed E-state index contributed by atoms with van der Waals surface area (Å²) in [4.78, 5) is 13.5. The maximum atomic E-state index is 5.66. The van der Waals surface area contributed by atoms with Gasteiger partial charge in [0.05, 0.1) is 19.7 Å². The standard InChI is InChI=1S/C25H29N5O2S/c1-17(2)19-7-5-18(6-8-19)15-26-25(33)30-11-9-29(10-12-30)24-20-13-22(31-3)23(32-4)14-21(20)27-16-28-24/h5-8,13-14,16H,1,9-12,15H2,2-4H3,(H,26,33). The molecule has 1 aliphatic rings. The number of piperazine rings is 1. The molecule has 7 nitrogen and oxygen atoms in total. The van der Waals surface area contributed by atoms with Crippen molar-refractivity contribution in [2.75, 3.05) is 45.3 Å². The lowest BCUT2D eigenvalue weighted by Gasteiger charge is -2.37. The summed E-state index contributed by atoms with van der Waals surface area (Å²) in [6, 6.07) is 12.2. The van der Waals surface area contributed by atoms with Crippen LogP contribution in [0.4, 0.5) is 5.82 Å². The summed E-state index contributed by atoms with van der Waals surface area (Å²) in [5, 5.41) is 5.11. The van der Waals surface area contributed by atoms with Gasteiger partial charge in [0, 0.05) is 44.2 Å². The van der Waals surface area contributed by atoms with Gasteiger partial charge in [-0.25, -0.2) is 9.97 Å². The van der Waals surface area contributed by atoms with Crippen LogP contribution >= 0.6 is 12.2 Å². The van der Waals surface area contributed by atoms with Gasteiger partial charge in [0.1, 0.15) is 12.1 Å². The molecule has 4 rings (SSSR count). The number of thiocarbonyl (C=S) groups is 1. The molecule has 8 heteroatoms. The van der Waals surface area contributed by atoms with E-state index in [1.165, 1.54) is 5.56 Å². The summed E-state index contributed by atoms with van der Waals surface area (Å²) in [7, 11) is 3.26. The number of methoxy groups -OCH3 is 2. The molecule has 2 aromatic carbocycles. The first-order valence-electron chi connectivity index (χ1n) is 10.9. The Labute approximate surface area is 200 Å². The molecule has 3 aromatic rings. The van der Waals surface area contributed by atoms with E-state index in [9.17, 15) is 0 Å². The summed E-state index contributed by atoms with van der Waals surface area (Å²) in [5.74, 6) is 2.23. The minimum Gasteiger partial charge on any atom is -0.493 e. The van der Waals surface area contributed by atoms with Crippen molar-refractivity contribution >= 4 is 39.6 Å². The van der Waals surface area contributed by atoms with Crippen LogP contribution in [-0.4, -0.2) is 60.4 Å². The number of hydrogen-bond donors (Lipinski definition) is 1. The minimum atomic E-state index is 0.658. The highest BCUT2D eigenvalue weighted by atomic mass is 32.1. The van der Waals surface area contributed by atoms with Crippen LogP contribution in [0.1, 0.15) is 18.1 Å². The Bertz CT molecular complexity index is 1160. The molecule has 0 unspecified atom stereocenters. The number of nitrogens with zero attached hydrogens (tertiary/aromatic N) is 4. The molecule has 1 saturated heterocycles. The fourth-order valence-corrected chi connectivity index (χ4v) is 4.19. The van der Waals surface area contributed by atoms with Crippen molar-refractivity contribution in [1.29, 1.82) is 0 Å². The zero-order valence-electron chi connectivity index (χ0n) is 19.3. The molecule has 0 spiro atoms. The van der Waals surface area contributed by atoms with E-state index in [0.717, 1.165) is 59.1 Å². The predicted octanol–water partition coefficient (Wildman–Crippen LogP) is 3.88. The highest BCUT2D eigenvalue weighted by Crippen LogP contribution is 2.34. The zero-order chi connectivity index (χ0) is 23.4. The largest absolute Gasteiger partial charge is 0.493 e. The maximum absolute atomic E-state index is 5.66. The van der Waals surface area contributed by atoms with Gasteiger partial charge in [-0.15, -0.1) is 0 Å². The number of fused-ring (bicyclic) bond motifs is 1. The smallest absolute Gasteiger partial charge is 0.169 e. The van der Waals surface area contributed by atoms with E-state index in [4.69, 9.17) is 21.7 Å². The fraction of sp³-hybridized carbons (Fsp3) is 0.320. The van der Waals surface area contributed by atoms with Crippen molar-refractivity contribution < 1.29 is 9.47 Å². The molecule has 2 heterocycles. The molecule has 1 fully saturated rings. The lowest BCUT2D eigenvalue weighted by Crippen LogP contribution is -2.51. The Balaban J connectivity index is 1.39. The third-order valence-corrected chi connectivity index (χ3v) is 6.28. The summed E-state index contributed by atoms with van der Waals surface area (Å²) < 4.78 is 10.9. The summed E-state index contributed by atoms with van der Waals surface area (Å²) >= 11 is 5.66. The van der Waals surface area contributed by atoms with E-state index < -0.39 is 0 Å². The monoisotopic (exact) mass is 463 g/mol. The van der Waals surface area contributed by atoms with Gasteiger partial charge in [0.15, 0.2) is 16.6 Å². The average molecular weight is 464 g/mol. The van der Waals surface area contributed by atoms with Crippen LogP contribution in [0, 0.1) is 0 Å². The van der Waals surface area contributed by atoms with Crippen LogP contribution in [0.5, 0.6) is 11.5 Å². The number of rotatable bonds is 6. The van der Waals surface area contributed by atoms with E-state index in [-0.39, 0.29) is 0 Å². The normalized spacial score (nSPS) is 13.7. The Morgan fingerprint density at radius 3 is 2.33 bits per heavy atom. The number of allylic oxidation sites excluding steroid dienone is 1. The van der Waals surface area contributed by atoms with Crippen molar-refractivity contribution in [1.82, 2.24) is 20.2 Å². The molecule has 1 N–H and O–H groups in total. The second kappa shape index (κ2) is 10.0. The van der Waals surface area contributed by atoms with E-state index >= 15 is 0 Å². The van der Waals surface area contributed by atoms with E-state index in [0.29, 0.717) is 18.0 Å². The Kier molecular flexibility index (Phi) is 6.93. The van der Waals surface area contributed by atoms with Gasteiger partial charge in [-0.1, -0.05) is 36.4 Å². The summed E-state index contributed by atoms with van der Waals surface area (Å²) in [6.07, 6.45) is 1.60. The molecule has 33 heavy (non-hydrogen) atoms. The lowest BCUT2D eigenvalue weighted by molar-refractivity contribution is 0.355. The molecule has 0 amide bonds. The Hall–Kier alpha value is -3.39. The second-order valence-electron chi connectivity index (χ2n) is 8.03. The second-order valence-corrected chi connectivity index (χ2v) is 8.42. The number of aromatic nitrogens is 2. The quantitative estimate of drug-likeness (QED) is 0.553. The van der Waals surface area contributed by atoms with Crippen LogP contribution in [0.15, 0.2) is 49.3 Å².